The lowest BCUT2D eigenvalue weighted by molar-refractivity contribution is -0.000172. The predicted octanol–water partition coefficient (Wildman–Crippen LogP) is 1.92. The molecule has 2 rings (SSSR count). The van der Waals surface area contributed by atoms with E-state index < -0.39 is 0 Å². The first-order valence-corrected chi connectivity index (χ1v) is 6.93. The molecular weight excluding hydrogens is 256 g/mol. The zero-order chi connectivity index (χ0) is 14.5. The highest BCUT2D eigenvalue weighted by Gasteiger charge is 2.21. The van der Waals surface area contributed by atoms with Crippen LogP contribution in [0.4, 0.5) is 5.69 Å². The zero-order valence-corrected chi connectivity index (χ0v) is 12.1. The quantitative estimate of drug-likeness (QED) is 0.855. The highest BCUT2D eigenvalue weighted by molar-refractivity contribution is 6.00. The number of hydrogen-bond donors (Lipinski definition) is 1. The van der Waals surface area contributed by atoms with E-state index >= 15 is 0 Å². The smallest absolute Gasteiger partial charge is 0.255 e. The third-order valence-corrected chi connectivity index (χ3v) is 3.61. The highest BCUT2D eigenvalue weighted by Crippen LogP contribution is 2.26. The Hall–Kier alpha value is -1.75. The first-order chi connectivity index (χ1) is 9.63. The second kappa shape index (κ2) is 6.61. The van der Waals surface area contributed by atoms with E-state index in [-0.39, 0.29) is 12.0 Å². The minimum atomic E-state index is -0.101. The number of nitrogens with zero attached hydrogens (tertiary/aromatic N) is 1. The molecule has 110 valence electrons. The molecule has 1 atom stereocenters. The van der Waals surface area contributed by atoms with Gasteiger partial charge in [0.2, 0.25) is 0 Å². The Bertz CT molecular complexity index is 470. The van der Waals surface area contributed by atoms with E-state index in [0.29, 0.717) is 23.5 Å². The first kappa shape index (κ1) is 14.7. The third-order valence-electron chi connectivity index (χ3n) is 3.61. The number of para-hydroxylation sites is 1. The summed E-state index contributed by atoms with van der Waals surface area (Å²) >= 11 is 0. The monoisotopic (exact) mass is 278 g/mol. The van der Waals surface area contributed by atoms with Crippen molar-refractivity contribution in [3.63, 3.8) is 0 Å². The lowest BCUT2D eigenvalue weighted by Gasteiger charge is -2.27. The fourth-order valence-electron chi connectivity index (χ4n) is 2.45. The minimum absolute atomic E-state index is 0.101. The number of nitrogens with two attached hydrogens (primary N) is 1. The molecule has 1 amide bonds. The Balaban J connectivity index is 2.06. The van der Waals surface area contributed by atoms with Crippen LogP contribution in [0.5, 0.6) is 5.75 Å². The summed E-state index contributed by atoms with van der Waals surface area (Å²) < 4.78 is 10.8. The fourth-order valence-corrected chi connectivity index (χ4v) is 2.45. The molecule has 1 unspecified atom stereocenters. The van der Waals surface area contributed by atoms with Gasteiger partial charge in [-0.15, -0.1) is 0 Å². The number of rotatable bonds is 4. The van der Waals surface area contributed by atoms with Gasteiger partial charge in [-0.05, 0) is 31.4 Å². The molecule has 0 spiro atoms. The van der Waals surface area contributed by atoms with Crippen LogP contribution in [0.1, 0.15) is 29.6 Å². The molecule has 0 radical (unpaired) electrons. The molecule has 1 saturated heterocycles. The second-order valence-corrected chi connectivity index (χ2v) is 5.10. The van der Waals surface area contributed by atoms with E-state index in [0.717, 1.165) is 25.9 Å². The van der Waals surface area contributed by atoms with Crippen molar-refractivity contribution in [2.75, 3.05) is 33.0 Å². The number of anilines is 1. The van der Waals surface area contributed by atoms with Gasteiger partial charge in [-0.1, -0.05) is 6.07 Å². The topological polar surface area (TPSA) is 64.8 Å². The number of carbonyl (C=O) groups is 1. The molecule has 2 N–H and O–H groups in total. The van der Waals surface area contributed by atoms with E-state index in [1.165, 1.54) is 0 Å². The summed E-state index contributed by atoms with van der Waals surface area (Å²) in [5, 5.41) is 0. The van der Waals surface area contributed by atoms with Crippen LogP contribution in [0.15, 0.2) is 18.2 Å². The third kappa shape index (κ3) is 3.22. The maximum atomic E-state index is 12.4. The summed E-state index contributed by atoms with van der Waals surface area (Å²) in [7, 11) is 3.32. The predicted molar refractivity (Wildman–Crippen MR) is 78.0 cm³/mol. The van der Waals surface area contributed by atoms with Gasteiger partial charge >= 0.3 is 0 Å². The molecular formula is C15H22N2O3. The Morgan fingerprint density at radius 2 is 2.30 bits per heavy atom. The van der Waals surface area contributed by atoms with Crippen molar-refractivity contribution >= 4 is 11.6 Å². The Morgan fingerprint density at radius 1 is 1.50 bits per heavy atom. The van der Waals surface area contributed by atoms with Gasteiger partial charge in [0.05, 0.1) is 24.5 Å². The van der Waals surface area contributed by atoms with Crippen LogP contribution in [0.2, 0.25) is 0 Å². The van der Waals surface area contributed by atoms with Gasteiger partial charge in [-0.25, -0.2) is 0 Å². The van der Waals surface area contributed by atoms with Gasteiger partial charge in [0.25, 0.3) is 5.91 Å². The summed E-state index contributed by atoms with van der Waals surface area (Å²) in [4.78, 5) is 14.1. The van der Waals surface area contributed by atoms with Crippen LogP contribution in [0.25, 0.3) is 0 Å². The Kier molecular flexibility index (Phi) is 4.84. The van der Waals surface area contributed by atoms with Crippen molar-refractivity contribution in [1.29, 1.82) is 0 Å². The summed E-state index contributed by atoms with van der Waals surface area (Å²) in [6.07, 6.45) is 3.40. The molecule has 1 aliphatic heterocycles. The lowest BCUT2D eigenvalue weighted by atomic mass is 10.1. The van der Waals surface area contributed by atoms with Gasteiger partial charge in [0.1, 0.15) is 5.75 Å². The average molecular weight is 278 g/mol. The van der Waals surface area contributed by atoms with E-state index in [1.807, 2.05) is 0 Å². The van der Waals surface area contributed by atoms with Crippen molar-refractivity contribution in [3.8, 4) is 5.75 Å². The number of carbonyl (C=O) groups excluding carboxylic acids is 1. The molecule has 1 fully saturated rings. The largest absolute Gasteiger partial charge is 0.495 e. The number of methoxy groups -OCH3 is 1. The molecule has 0 aliphatic carbocycles. The number of nitrogen functional groups attached to an aromatic ring is 1. The van der Waals surface area contributed by atoms with E-state index in [4.69, 9.17) is 15.2 Å². The highest BCUT2D eigenvalue weighted by atomic mass is 16.5. The Labute approximate surface area is 119 Å². The van der Waals surface area contributed by atoms with Crippen molar-refractivity contribution in [3.05, 3.63) is 23.8 Å². The van der Waals surface area contributed by atoms with Crippen LogP contribution in [0, 0.1) is 0 Å². The van der Waals surface area contributed by atoms with Crippen LogP contribution in [-0.4, -0.2) is 44.2 Å². The number of likely N-dealkylation sites (N-methyl/N-ethyl adjacent to an activating group) is 1. The second-order valence-electron chi connectivity index (χ2n) is 5.10. The maximum Gasteiger partial charge on any atom is 0.255 e. The average Bonchev–Trinajstić information content (AvgIpc) is 2.48. The summed E-state index contributed by atoms with van der Waals surface area (Å²) in [5.41, 5.74) is 6.82. The van der Waals surface area contributed by atoms with Gasteiger partial charge < -0.3 is 20.1 Å². The van der Waals surface area contributed by atoms with Crippen molar-refractivity contribution in [2.45, 2.75) is 25.4 Å². The van der Waals surface area contributed by atoms with Crippen LogP contribution >= 0.6 is 0 Å². The number of ether oxygens (including phenoxy) is 2. The lowest BCUT2D eigenvalue weighted by Crippen LogP contribution is -2.37. The van der Waals surface area contributed by atoms with E-state index in [9.17, 15) is 4.79 Å². The summed E-state index contributed by atoms with van der Waals surface area (Å²) in [6.45, 7) is 1.38. The molecule has 1 aromatic carbocycles. The number of benzene rings is 1. The summed E-state index contributed by atoms with van der Waals surface area (Å²) in [5.74, 6) is 0.425. The van der Waals surface area contributed by atoms with Gasteiger partial charge in [-0.2, -0.15) is 0 Å². The minimum Gasteiger partial charge on any atom is -0.495 e. The van der Waals surface area contributed by atoms with Crippen LogP contribution < -0.4 is 10.5 Å². The Morgan fingerprint density at radius 3 is 2.95 bits per heavy atom. The zero-order valence-electron chi connectivity index (χ0n) is 12.1. The summed E-state index contributed by atoms with van der Waals surface area (Å²) in [6, 6.07) is 5.24. The standard InChI is InChI=1S/C15H22N2O3/c1-17(10-11-6-3-4-9-20-11)15(18)12-7-5-8-13(19-2)14(12)16/h5,7-8,11H,3-4,6,9-10,16H2,1-2H3. The SMILES string of the molecule is COc1cccc(C(=O)N(C)CC2CCCCO2)c1N. The van der Waals surface area contributed by atoms with E-state index in [2.05, 4.69) is 0 Å². The molecule has 1 aliphatic rings. The molecule has 5 nitrogen and oxygen atoms in total. The maximum absolute atomic E-state index is 12.4. The van der Waals surface area contributed by atoms with Gasteiger partial charge in [0, 0.05) is 20.2 Å². The molecule has 1 aromatic rings. The normalized spacial score (nSPS) is 18.6. The van der Waals surface area contributed by atoms with Crippen molar-refractivity contribution in [1.82, 2.24) is 4.90 Å². The molecule has 1 heterocycles. The van der Waals surface area contributed by atoms with Gasteiger partial charge in [-0.3, -0.25) is 4.79 Å². The number of hydrogen-bond acceptors (Lipinski definition) is 4. The molecule has 20 heavy (non-hydrogen) atoms. The van der Waals surface area contributed by atoms with Crippen molar-refractivity contribution < 1.29 is 14.3 Å². The first-order valence-electron chi connectivity index (χ1n) is 6.93. The molecule has 0 bridgehead atoms. The number of amides is 1. The van der Waals surface area contributed by atoms with E-state index in [1.54, 1.807) is 37.3 Å². The fraction of sp³-hybridized carbons (Fsp3) is 0.533. The molecule has 0 saturated carbocycles. The van der Waals surface area contributed by atoms with Crippen LogP contribution in [-0.2, 0) is 4.74 Å². The van der Waals surface area contributed by atoms with Gasteiger partial charge in [0.15, 0.2) is 0 Å². The molecule has 0 aromatic heterocycles. The molecule has 5 heteroatoms. The van der Waals surface area contributed by atoms with Crippen LogP contribution in [0.3, 0.4) is 0 Å². The van der Waals surface area contributed by atoms with Crippen molar-refractivity contribution in [2.24, 2.45) is 0 Å².